The van der Waals surface area contributed by atoms with Crippen molar-refractivity contribution in [1.82, 2.24) is 10.3 Å². The van der Waals surface area contributed by atoms with Crippen molar-refractivity contribution in [2.24, 2.45) is 0 Å². The Labute approximate surface area is 169 Å². The van der Waals surface area contributed by atoms with Gasteiger partial charge in [-0.2, -0.15) is 8.78 Å². The molecule has 1 N–H and O–H groups in total. The fourth-order valence-electron chi connectivity index (χ4n) is 4.20. The van der Waals surface area contributed by atoms with Crippen LogP contribution >= 0.6 is 0 Å². The number of aromatic nitrogens is 1. The quantitative estimate of drug-likeness (QED) is 0.677. The van der Waals surface area contributed by atoms with E-state index in [1.54, 1.807) is 18.2 Å². The van der Waals surface area contributed by atoms with E-state index >= 15 is 8.78 Å². The second-order valence-electron chi connectivity index (χ2n) is 7.29. The Morgan fingerprint density at radius 1 is 1.03 bits per heavy atom. The third-order valence-corrected chi connectivity index (χ3v) is 5.57. The molecule has 1 saturated heterocycles. The van der Waals surface area contributed by atoms with Gasteiger partial charge in [-0.05, 0) is 42.1 Å². The molecule has 0 bridgehead atoms. The first-order chi connectivity index (χ1) is 14.4. The first-order valence-electron chi connectivity index (χ1n) is 9.42. The number of halogens is 2. The number of nitrogens with one attached hydrogen (secondary N) is 1. The van der Waals surface area contributed by atoms with E-state index in [1.165, 1.54) is 41.4 Å². The standard InChI is InChI=1S/C22H15F2N3O3/c23-22(24,17-6-1-2-11-25-17)14-7-8-15-19-12(14)4-3-5-13(19)21(30)27(15)16-9-10-18(28)26-20(16)29/h1-8,11,16H,9-10H2,(H,26,28,29). The predicted molar refractivity (Wildman–Crippen MR) is 104 cm³/mol. The summed E-state index contributed by atoms with van der Waals surface area (Å²) in [5.74, 6) is -4.77. The molecule has 6 nitrogen and oxygen atoms in total. The summed E-state index contributed by atoms with van der Waals surface area (Å²) in [7, 11) is 0. The number of alkyl halides is 2. The van der Waals surface area contributed by atoms with Crippen molar-refractivity contribution in [1.29, 1.82) is 0 Å². The zero-order chi connectivity index (χ0) is 21.0. The SMILES string of the molecule is O=C1CCC(N2C(=O)c3cccc4c(C(F)(F)c5ccccn5)ccc2c34)C(=O)N1. The Bertz CT molecular complexity index is 1230. The molecule has 0 aliphatic carbocycles. The first kappa shape index (κ1) is 18.4. The Morgan fingerprint density at radius 3 is 2.60 bits per heavy atom. The minimum absolute atomic E-state index is 0.107. The van der Waals surface area contributed by atoms with Crippen molar-refractivity contribution in [2.75, 3.05) is 4.90 Å². The number of rotatable bonds is 3. The van der Waals surface area contributed by atoms with E-state index in [2.05, 4.69) is 10.3 Å². The largest absolute Gasteiger partial charge is 0.315 e. The summed E-state index contributed by atoms with van der Waals surface area (Å²) in [6, 6.07) is 10.8. The van der Waals surface area contributed by atoms with Crippen molar-refractivity contribution in [3.63, 3.8) is 0 Å². The number of piperidine rings is 1. The fourth-order valence-corrected chi connectivity index (χ4v) is 4.20. The topological polar surface area (TPSA) is 79.4 Å². The van der Waals surface area contributed by atoms with E-state index in [0.717, 1.165) is 0 Å². The van der Waals surface area contributed by atoms with Gasteiger partial charge in [-0.1, -0.05) is 18.2 Å². The van der Waals surface area contributed by atoms with Crippen LogP contribution in [0, 0.1) is 0 Å². The smallest absolute Gasteiger partial charge is 0.295 e. The van der Waals surface area contributed by atoms with Crippen molar-refractivity contribution in [3.05, 3.63) is 71.5 Å². The van der Waals surface area contributed by atoms with Crippen LogP contribution in [0.2, 0.25) is 0 Å². The molecule has 0 spiro atoms. The van der Waals surface area contributed by atoms with Crippen LogP contribution in [0.15, 0.2) is 54.7 Å². The molecule has 0 radical (unpaired) electrons. The highest BCUT2D eigenvalue weighted by Crippen LogP contribution is 2.45. The van der Waals surface area contributed by atoms with E-state index in [1.807, 2.05) is 0 Å². The fraction of sp³-hybridized carbons (Fsp3) is 0.182. The maximum Gasteiger partial charge on any atom is 0.315 e. The third kappa shape index (κ3) is 2.53. The number of amides is 3. The van der Waals surface area contributed by atoms with Gasteiger partial charge in [-0.25, -0.2) is 0 Å². The summed E-state index contributed by atoms with van der Waals surface area (Å²) in [5.41, 5.74) is -0.0108. The number of pyridine rings is 1. The summed E-state index contributed by atoms with van der Waals surface area (Å²) < 4.78 is 30.6. The second kappa shape index (κ2) is 6.41. The van der Waals surface area contributed by atoms with Gasteiger partial charge in [0, 0.05) is 29.1 Å². The maximum atomic E-state index is 15.3. The van der Waals surface area contributed by atoms with Gasteiger partial charge in [0.15, 0.2) is 0 Å². The average molecular weight is 407 g/mol. The minimum atomic E-state index is -3.37. The first-order valence-corrected chi connectivity index (χ1v) is 9.42. The van der Waals surface area contributed by atoms with Crippen molar-refractivity contribution < 1.29 is 23.2 Å². The van der Waals surface area contributed by atoms with Crippen molar-refractivity contribution >= 4 is 34.2 Å². The van der Waals surface area contributed by atoms with E-state index in [4.69, 9.17) is 0 Å². The van der Waals surface area contributed by atoms with E-state index in [0.29, 0.717) is 11.1 Å². The number of imide groups is 1. The van der Waals surface area contributed by atoms with Gasteiger partial charge in [0.25, 0.3) is 5.91 Å². The molecule has 2 aromatic carbocycles. The summed E-state index contributed by atoms with van der Waals surface area (Å²) in [5, 5.41) is 2.84. The minimum Gasteiger partial charge on any atom is -0.295 e. The van der Waals surface area contributed by atoms with Crippen molar-refractivity contribution in [3.8, 4) is 0 Å². The van der Waals surface area contributed by atoms with Crippen LogP contribution in [-0.4, -0.2) is 28.7 Å². The number of benzene rings is 2. The molecule has 1 aromatic heterocycles. The van der Waals surface area contributed by atoms with Crippen LogP contribution < -0.4 is 10.2 Å². The Morgan fingerprint density at radius 2 is 1.87 bits per heavy atom. The molecule has 1 fully saturated rings. The van der Waals surface area contributed by atoms with E-state index in [9.17, 15) is 14.4 Å². The van der Waals surface area contributed by atoms with Crippen LogP contribution in [-0.2, 0) is 15.5 Å². The molecule has 3 amide bonds. The van der Waals surface area contributed by atoms with Gasteiger partial charge >= 0.3 is 5.92 Å². The van der Waals surface area contributed by atoms with E-state index in [-0.39, 0.29) is 29.4 Å². The van der Waals surface area contributed by atoms with Gasteiger partial charge in [0.05, 0.1) is 5.69 Å². The number of hydrogen-bond acceptors (Lipinski definition) is 4. The van der Waals surface area contributed by atoms with Crippen LogP contribution in [0.5, 0.6) is 0 Å². The number of carbonyl (C=O) groups is 3. The molecule has 30 heavy (non-hydrogen) atoms. The van der Waals surface area contributed by atoms with Gasteiger partial charge in [0.1, 0.15) is 11.7 Å². The summed E-state index contributed by atoms with van der Waals surface area (Å²) in [6.07, 6.45) is 1.59. The monoisotopic (exact) mass is 407 g/mol. The molecule has 3 aromatic rings. The Balaban J connectivity index is 1.68. The second-order valence-corrected chi connectivity index (χ2v) is 7.29. The maximum absolute atomic E-state index is 15.3. The molecule has 2 aliphatic rings. The number of hydrogen-bond donors (Lipinski definition) is 1. The van der Waals surface area contributed by atoms with Crippen LogP contribution in [0.3, 0.4) is 0 Å². The van der Waals surface area contributed by atoms with Gasteiger partial charge in [-0.3, -0.25) is 29.6 Å². The molecule has 3 heterocycles. The average Bonchev–Trinajstić information content (AvgIpc) is 3.02. The van der Waals surface area contributed by atoms with E-state index < -0.39 is 35.4 Å². The molecule has 2 aliphatic heterocycles. The third-order valence-electron chi connectivity index (χ3n) is 5.57. The lowest BCUT2D eigenvalue weighted by atomic mass is 9.95. The molecular weight excluding hydrogens is 392 g/mol. The number of nitrogens with zero attached hydrogens (tertiary/aromatic N) is 2. The lowest BCUT2D eigenvalue weighted by Crippen LogP contribution is -2.53. The molecule has 1 atom stereocenters. The molecule has 8 heteroatoms. The summed E-state index contributed by atoms with van der Waals surface area (Å²) in [6.45, 7) is 0. The molecule has 0 saturated carbocycles. The predicted octanol–water partition coefficient (Wildman–Crippen LogP) is 3.14. The van der Waals surface area contributed by atoms with Crippen LogP contribution in [0.1, 0.15) is 34.5 Å². The van der Waals surface area contributed by atoms with Gasteiger partial charge < -0.3 is 0 Å². The molecule has 1 unspecified atom stereocenters. The van der Waals surface area contributed by atoms with Crippen molar-refractivity contribution in [2.45, 2.75) is 24.8 Å². The van der Waals surface area contributed by atoms with Crippen LogP contribution in [0.25, 0.3) is 10.8 Å². The lowest BCUT2D eigenvalue weighted by molar-refractivity contribution is -0.134. The highest BCUT2D eigenvalue weighted by molar-refractivity contribution is 6.27. The Hall–Kier alpha value is -3.68. The Kier molecular flexibility index (Phi) is 3.92. The lowest BCUT2D eigenvalue weighted by Gasteiger charge is -2.30. The molecule has 150 valence electrons. The highest BCUT2D eigenvalue weighted by atomic mass is 19.3. The van der Waals surface area contributed by atoms with Gasteiger partial charge in [-0.15, -0.1) is 0 Å². The summed E-state index contributed by atoms with van der Waals surface area (Å²) in [4.78, 5) is 42.1. The molecule has 5 rings (SSSR count). The summed E-state index contributed by atoms with van der Waals surface area (Å²) >= 11 is 0. The zero-order valence-corrected chi connectivity index (χ0v) is 15.6. The normalized spacial score (nSPS) is 18.8. The van der Waals surface area contributed by atoms with Gasteiger partial charge in [0.2, 0.25) is 11.8 Å². The highest BCUT2D eigenvalue weighted by Gasteiger charge is 2.43. The molecular formula is C22H15F2N3O3. The zero-order valence-electron chi connectivity index (χ0n) is 15.6. The number of anilines is 1. The number of carbonyl (C=O) groups excluding carboxylic acids is 3. The van der Waals surface area contributed by atoms with Crippen LogP contribution in [0.4, 0.5) is 14.5 Å².